The van der Waals surface area contributed by atoms with Crippen molar-refractivity contribution in [2.75, 3.05) is 7.11 Å². The first-order valence-electron chi connectivity index (χ1n) is 7.28. The molecule has 6 heteroatoms. The van der Waals surface area contributed by atoms with E-state index in [1.165, 1.54) is 6.92 Å². The normalized spacial score (nSPS) is 18.0. The molecule has 1 fully saturated rings. The van der Waals surface area contributed by atoms with Crippen LogP contribution in [0.15, 0.2) is 29.5 Å². The van der Waals surface area contributed by atoms with Crippen LogP contribution in [0.3, 0.4) is 0 Å². The third-order valence-corrected chi connectivity index (χ3v) is 3.47. The summed E-state index contributed by atoms with van der Waals surface area (Å²) in [7, 11) is 1.61. The average Bonchev–Trinajstić information content (AvgIpc) is 2.77. The van der Waals surface area contributed by atoms with Crippen LogP contribution in [0, 0.1) is 6.92 Å². The summed E-state index contributed by atoms with van der Waals surface area (Å²) in [4.78, 5) is 23.9. The Morgan fingerprint density at radius 1 is 1.30 bits per heavy atom. The maximum atomic E-state index is 12.2. The van der Waals surface area contributed by atoms with Crippen molar-refractivity contribution in [1.82, 2.24) is 5.32 Å². The fourth-order valence-electron chi connectivity index (χ4n) is 2.28. The highest BCUT2D eigenvalue weighted by atomic mass is 16.8. The molecule has 23 heavy (non-hydrogen) atoms. The molecule has 0 aromatic heterocycles. The van der Waals surface area contributed by atoms with Gasteiger partial charge >= 0.3 is 5.97 Å². The number of amides is 1. The van der Waals surface area contributed by atoms with Crippen molar-refractivity contribution in [3.05, 3.63) is 40.7 Å². The Kier molecular flexibility index (Phi) is 4.63. The lowest BCUT2D eigenvalue weighted by atomic mass is 10.1. The number of aryl methyl sites for hydroxylation is 1. The van der Waals surface area contributed by atoms with Gasteiger partial charge in [-0.3, -0.25) is 4.79 Å². The van der Waals surface area contributed by atoms with E-state index in [0.29, 0.717) is 6.54 Å². The molecule has 1 aromatic rings. The van der Waals surface area contributed by atoms with Gasteiger partial charge in [0.05, 0.1) is 12.7 Å². The number of hydrogen-bond donors (Lipinski definition) is 1. The average molecular weight is 319 g/mol. The smallest absolute Gasteiger partial charge is 0.377 e. The largest absolute Gasteiger partial charge is 0.496 e. The van der Waals surface area contributed by atoms with Crippen molar-refractivity contribution in [3.8, 4) is 5.75 Å². The van der Waals surface area contributed by atoms with Gasteiger partial charge in [-0.05, 0) is 31.0 Å². The van der Waals surface area contributed by atoms with Gasteiger partial charge in [0.2, 0.25) is 11.5 Å². The Morgan fingerprint density at radius 2 is 2.00 bits per heavy atom. The molecule has 0 aliphatic carbocycles. The minimum absolute atomic E-state index is 0.0431. The summed E-state index contributed by atoms with van der Waals surface area (Å²) < 4.78 is 15.6. The molecule has 6 nitrogen and oxygen atoms in total. The molecule has 1 aliphatic rings. The molecule has 0 spiro atoms. The lowest BCUT2D eigenvalue weighted by Gasteiger charge is -2.14. The molecule has 0 bridgehead atoms. The predicted octanol–water partition coefficient (Wildman–Crippen LogP) is 2.20. The number of cyclic esters (lactones) is 1. The third kappa shape index (κ3) is 3.83. The Morgan fingerprint density at radius 3 is 2.52 bits per heavy atom. The first kappa shape index (κ1) is 16.9. The minimum Gasteiger partial charge on any atom is -0.496 e. The standard InChI is InChI=1S/C17H21NO5/c1-10-8-12(6-7-13(10)21-5)9-18-15(19)11(2)14-16(20)23-17(3,4)22-14/h6-8H,9H2,1-5H3,(H,18,19). The Labute approximate surface area is 135 Å². The molecule has 124 valence electrons. The van der Waals surface area contributed by atoms with E-state index in [9.17, 15) is 9.59 Å². The van der Waals surface area contributed by atoms with Gasteiger partial charge in [-0.2, -0.15) is 0 Å². The molecule has 2 rings (SSSR count). The van der Waals surface area contributed by atoms with Crippen molar-refractivity contribution in [3.63, 3.8) is 0 Å². The third-order valence-electron chi connectivity index (χ3n) is 3.47. The lowest BCUT2D eigenvalue weighted by Crippen LogP contribution is -2.25. The zero-order chi connectivity index (χ0) is 17.2. The molecule has 1 saturated heterocycles. The Hall–Kier alpha value is -2.50. The van der Waals surface area contributed by atoms with Crippen LogP contribution in [-0.2, 0) is 25.6 Å². The van der Waals surface area contributed by atoms with Gasteiger partial charge in [-0.15, -0.1) is 0 Å². The molecular weight excluding hydrogens is 298 g/mol. The van der Waals surface area contributed by atoms with Crippen molar-refractivity contribution in [2.45, 2.75) is 40.0 Å². The molecule has 0 unspecified atom stereocenters. The van der Waals surface area contributed by atoms with Gasteiger partial charge in [0.15, 0.2) is 0 Å². The first-order valence-corrected chi connectivity index (χ1v) is 7.28. The number of methoxy groups -OCH3 is 1. The van der Waals surface area contributed by atoms with Gasteiger partial charge in [0, 0.05) is 20.4 Å². The summed E-state index contributed by atoms with van der Waals surface area (Å²) >= 11 is 0. The summed E-state index contributed by atoms with van der Waals surface area (Å²) in [6, 6.07) is 5.66. The highest BCUT2D eigenvalue weighted by Gasteiger charge is 2.39. The zero-order valence-corrected chi connectivity index (χ0v) is 14.0. The van der Waals surface area contributed by atoms with Crippen LogP contribution in [0.4, 0.5) is 0 Å². The van der Waals surface area contributed by atoms with Crippen LogP contribution < -0.4 is 10.1 Å². The number of nitrogens with one attached hydrogen (secondary N) is 1. The van der Waals surface area contributed by atoms with E-state index in [1.807, 2.05) is 25.1 Å². The number of benzene rings is 1. The molecule has 1 amide bonds. The van der Waals surface area contributed by atoms with Gasteiger partial charge in [0.25, 0.3) is 5.91 Å². The summed E-state index contributed by atoms with van der Waals surface area (Å²) in [5, 5.41) is 2.76. The number of carbonyl (C=O) groups is 2. The summed E-state index contributed by atoms with van der Waals surface area (Å²) in [5.74, 6) is -1.28. The quantitative estimate of drug-likeness (QED) is 0.680. The highest BCUT2D eigenvalue weighted by Crippen LogP contribution is 2.28. The number of hydrogen-bond acceptors (Lipinski definition) is 5. The van der Waals surface area contributed by atoms with Gasteiger partial charge in [-0.25, -0.2) is 4.79 Å². The van der Waals surface area contributed by atoms with Crippen LogP contribution in [0.1, 0.15) is 31.9 Å². The lowest BCUT2D eigenvalue weighted by molar-refractivity contribution is -0.159. The molecule has 1 aromatic carbocycles. The summed E-state index contributed by atoms with van der Waals surface area (Å²) in [6.07, 6.45) is 0. The van der Waals surface area contributed by atoms with E-state index < -0.39 is 11.8 Å². The number of esters is 1. The second-order valence-electron chi connectivity index (χ2n) is 5.83. The van der Waals surface area contributed by atoms with Crippen molar-refractivity contribution in [2.24, 2.45) is 0 Å². The number of carbonyl (C=O) groups excluding carboxylic acids is 2. The molecule has 0 saturated carbocycles. The van der Waals surface area contributed by atoms with Crippen LogP contribution in [0.2, 0.25) is 0 Å². The second kappa shape index (κ2) is 6.32. The number of rotatable bonds is 4. The van der Waals surface area contributed by atoms with Crippen molar-refractivity contribution in [1.29, 1.82) is 0 Å². The Bertz CT molecular complexity index is 676. The van der Waals surface area contributed by atoms with Crippen LogP contribution in [-0.4, -0.2) is 24.8 Å². The molecule has 0 atom stereocenters. The molecule has 1 heterocycles. The maximum Gasteiger partial charge on any atom is 0.377 e. The molecule has 0 radical (unpaired) electrons. The topological polar surface area (TPSA) is 73.9 Å². The second-order valence-corrected chi connectivity index (χ2v) is 5.83. The summed E-state index contributed by atoms with van der Waals surface area (Å²) in [5.41, 5.74) is 2.12. The highest BCUT2D eigenvalue weighted by molar-refractivity contribution is 6.01. The summed E-state index contributed by atoms with van der Waals surface area (Å²) in [6.45, 7) is 7.04. The Balaban J connectivity index is 2.05. The van der Waals surface area contributed by atoms with Crippen LogP contribution in [0.5, 0.6) is 5.75 Å². The SMILES string of the molecule is COc1ccc(CNC(=O)C(C)=C2OC(C)(C)OC2=O)cc1C. The van der Waals surface area contributed by atoms with Gasteiger partial charge < -0.3 is 19.5 Å². The van der Waals surface area contributed by atoms with E-state index in [0.717, 1.165) is 16.9 Å². The van der Waals surface area contributed by atoms with Crippen LogP contribution in [0.25, 0.3) is 0 Å². The van der Waals surface area contributed by atoms with Crippen LogP contribution >= 0.6 is 0 Å². The van der Waals surface area contributed by atoms with E-state index in [-0.39, 0.29) is 17.2 Å². The molecule has 1 N–H and O–H groups in total. The van der Waals surface area contributed by atoms with E-state index >= 15 is 0 Å². The fraction of sp³-hybridized carbons (Fsp3) is 0.412. The minimum atomic E-state index is -1.04. The maximum absolute atomic E-state index is 12.2. The van der Waals surface area contributed by atoms with Crippen molar-refractivity contribution < 1.29 is 23.8 Å². The van der Waals surface area contributed by atoms with Gasteiger partial charge in [-0.1, -0.05) is 12.1 Å². The van der Waals surface area contributed by atoms with Crippen molar-refractivity contribution >= 4 is 11.9 Å². The van der Waals surface area contributed by atoms with E-state index in [1.54, 1.807) is 21.0 Å². The zero-order valence-electron chi connectivity index (χ0n) is 14.0. The fourth-order valence-corrected chi connectivity index (χ4v) is 2.28. The predicted molar refractivity (Wildman–Crippen MR) is 83.5 cm³/mol. The van der Waals surface area contributed by atoms with Gasteiger partial charge in [0.1, 0.15) is 5.75 Å². The number of ether oxygens (including phenoxy) is 3. The molecule has 1 aliphatic heterocycles. The first-order chi connectivity index (χ1) is 10.7. The molecular formula is C17H21NO5. The van der Waals surface area contributed by atoms with E-state index in [2.05, 4.69) is 5.32 Å². The van der Waals surface area contributed by atoms with E-state index in [4.69, 9.17) is 14.2 Å². The monoisotopic (exact) mass is 319 g/mol.